The third-order valence-electron chi connectivity index (χ3n) is 5.03. The van der Waals surface area contributed by atoms with Crippen molar-refractivity contribution in [1.82, 2.24) is 14.7 Å². The Balaban J connectivity index is 1.94. The molecule has 0 saturated carbocycles. The van der Waals surface area contributed by atoms with E-state index in [1.54, 1.807) is 0 Å². The number of hydrogen-bond donors (Lipinski definition) is 2. The van der Waals surface area contributed by atoms with Crippen molar-refractivity contribution < 1.29 is 10.2 Å². The Labute approximate surface area is 130 Å². The molecule has 0 aromatic heterocycles. The Morgan fingerprint density at radius 3 is 2.24 bits per heavy atom. The smallest absolute Gasteiger partial charge is 0.147 e. The number of rotatable bonds is 2. The molecular weight excluding hydrogens is 265 g/mol. The SMILES string of the molecule is CN1CCCN2CCB(CC(O)O)CCCN(CC1)CC2. The molecule has 0 spiro atoms. The quantitative estimate of drug-likeness (QED) is 0.561. The molecule has 2 unspecified atom stereocenters. The second-order valence-electron chi connectivity index (χ2n) is 6.85. The normalized spacial score (nSPS) is 30.6. The van der Waals surface area contributed by atoms with Gasteiger partial charge in [0.15, 0.2) is 0 Å². The molecule has 2 bridgehead atoms. The van der Waals surface area contributed by atoms with E-state index < -0.39 is 6.29 Å². The van der Waals surface area contributed by atoms with E-state index in [1.165, 1.54) is 39.0 Å². The van der Waals surface area contributed by atoms with Crippen LogP contribution in [0.3, 0.4) is 0 Å². The van der Waals surface area contributed by atoms with Crippen LogP contribution in [0.4, 0.5) is 0 Å². The number of aliphatic hydroxyl groups excluding tert-OH is 1. The molecule has 0 aliphatic carbocycles. The van der Waals surface area contributed by atoms with Crippen molar-refractivity contribution in [1.29, 1.82) is 0 Å². The zero-order chi connectivity index (χ0) is 15.1. The molecule has 0 amide bonds. The molecule has 0 aromatic carbocycles. The zero-order valence-corrected chi connectivity index (χ0v) is 13.6. The van der Waals surface area contributed by atoms with E-state index >= 15 is 0 Å². The Hall–Kier alpha value is -0.135. The van der Waals surface area contributed by atoms with Gasteiger partial charge in [0.05, 0.1) is 0 Å². The lowest BCUT2D eigenvalue weighted by molar-refractivity contribution is -0.0234. The highest BCUT2D eigenvalue weighted by molar-refractivity contribution is 6.59. The zero-order valence-electron chi connectivity index (χ0n) is 13.6. The third kappa shape index (κ3) is 6.66. The fourth-order valence-electron chi connectivity index (χ4n) is 3.59. The van der Waals surface area contributed by atoms with Crippen molar-refractivity contribution in [2.75, 3.05) is 59.4 Å². The number of hydrogen-bond acceptors (Lipinski definition) is 5. The molecule has 2 heterocycles. The van der Waals surface area contributed by atoms with Crippen LogP contribution in [-0.4, -0.2) is 97.3 Å². The predicted octanol–water partition coefficient (Wildman–Crippen LogP) is 0.135. The molecule has 122 valence electrons. The predicted molar refractivity (Wildman–Crippen MR) is 88.0 cm³/mol. The molecule has 2 aliphatic rings. The average molecular weight is 297 g/mol. The van der Waals surface area contributed by atoms with Crippen LogP contribution in [0.5, 0.6) is 0 Å². The van der Waals surface area contributed by atoms with Crippen LogP contribution < -0.4 is 0 Å². The summed E-state index contributed by atoms with van der Waals surface area (Å²) in [5, 5.41) is 18.5. The highest BCUT2D eigenvalue weighted by Crippen LogP contribution is 2.15. The third-order valence-corrected chi connectivity index (χ3v) is 5.03. The fourth-order valence-corrected chi connectivity index (χ4v) is 3.59. The molecule has 0 radical (unpaired) electrons. The topological polar surface area (TPSA) is 50.2 Å². The van der Waals surface area contributed by atoms with Crippen LogP contribution in [0.25, 0.3) is 0 Å². The average Bonchev–Trinajstić information content (AvgIpc) is 2.44. The van der Waals surface area contributed by atoms with Crippen LogP contribution >= 0.6 is 0 Å². The summed E-state index contributed by atoms with van der Waals surface area (Å²) in [6.45, 7) is 9.75. The standard InChI is InChI=1S/C15H32BN3O2/c1-17-6-3-8-18-9-5-16(14-15(20)21)4-2-7-19(11-10-17)13-12-18/h15,20-21H,2-14H2,1H3. The van der Waals surface area contributed by atoms with E-state index in [2.05, 4.69) is 21.7 Å². The van der Waals surface area contributed by atoms with Gasteiger partial charge < -0.3 is 24.9 Å². The lowest BCUT2D eigenvalue weighted by Crippen LogP contribution is -2.44. The summed E-state index contributed by atoms with van der Waals surface area (Å²) in [6.07, 6.45) is 4.04. The van der Waals surface area contributed by atoms with Gasteiger partial charge in [-0.3, -0.25) is 0 Å². The summed E-state index contributed by atoms with van der Waals surface area (Å²) in [5.74, 6) is 0. The van der Waals surface area contributed by atoms with Crippen LogP contribution in [0, 0.1) is 0 Å². The summed E-state index contributed by atoms with van der Waals surface area (Å²) in [5.41, 5.74) is 0. The molecule has 2 saturated heterocycles. The van der Waals surface area contributed by atoms with Crippen LogP contribution in [0.1, 0.15) is 12.8 Å². The second-order valence-corrected chi connectivity index (χ2v) is 6.85. The summed E-state index contributed by atoms with van der Waals surface area (Å²) in [6, 6.07) is 0. The highest BCUT2D eigenvalue weighted by Gasteiger charge is 2.21. The maximum Gasteiger partial charge on any atom is 0.147 e. The maximum absolute atomic E-state index is 9.26. The highest BCUT2D eigenvalue weighted by atomic mass is 16.5. The van der Waals surface area contributed by atoms with E-state index in [0.29, 0.717) is 13.0 Å². The van der Waals surface area contributed by atoms with Crippen molar-refractivity contribution in [2.45, 2.75) is 38.1 Å². The van der Waals surface area contributed by atoms with Gasteiger partial charge in [0, 0.05) is 26.2 Å². The van der Waals surface area contributed by atoms with Crippen LogP contribution in [-0.2, 0) is 0 Å². The molecule has 5 nitrogen and oxygen atoms in total. The van der Waals surface area contributed by atoms with Crippen molar-refractivity contribution in [3.8, 4) is 0 Å². The maximum atomic E-state index is 9.26. The van der Waals surface area contributed by atoms with E-state index in [9.17, 15) is 10.2 Å². The molecule has 2 N–H and O–H groups in total. The molecule has 21 heavy (non-hydrogen) atoms. The first kappa shape index (κ1) is 17.2. The van der Waals surface area contributed by atoms with Gasteiger partial charge in [-0.2, -0.15) is 0 Å². The molecule has 2 aliphatic heterocycles. The largest absolute Gasteiger partial charge is 0.369 e. The van der Waals surface area contributed by atoms with Gasteiger partial charge in [0.1, 0.15) is 13.0 Å². The minimum atomic E-state index is -1.14. The Kier molecular flexibility index (Phi) is 7.47. The van der Waals surface area contributed by atoms with Crippen molar-refractivity contribution in [3.05, 3.63) is 0 Å². The van der Waals surface area contributed by atoms with Gasteiger partial charge in [-0.25, -0.2) is 0 Å². The van der Waals surface area contributed by atoms with Crippen molar-refractivity contribution in [2.24, 2.45) is 0 Å². The lowest BCUT2D eigenvalue weighted by Gasteiger charge is -2.33. The number of nitrogens with zero attached hydrogens (tertiary/aromatic N) is 3. The fraction of sp³-hybridized carbons (Fsp3) is 1.00. The molecular formula is C15H32BN3O2. The summed E-state index contributed by atoms with van der Waals surface area (Å²) < 4.78 is 0. The van der Waals surface area contributed by atoms with E-state index in [-0.39, 0.29) is 0 Å². The minimum Gasteiger partial charge on any atom is -0.369 e. The van der Waals surface area contributed by atoms with Gasteiger partial charge in [0.25, 0.3) is 0 Å². The lowest BCUT2D eigenvalue weighted by atomic mass is 9.42. The first-order valence-electron chi connectivity index (χ1n) is 8.63. The minimum absolute atomic E-state index is 0.457. The van der Waals surface area contributed by atoms with Gasteiger partial charge in [-0.15, -0.1) is 0 Å². The molecule has 0 aromatic rings. The summed E-state index contributed by atoms with van der Waals surface area (Å²) in [7, 11) is 2.23. The van der Waals surface area contributed by atoms with E-state index in [0.717, 1.165) is 38.8 Å². The number of likely N-dealkylation sites (N-methyl/N-ethyl adjacent to an activating group) is 1. The van der Waals surface area contributed by atoms with Crippen LogP contribution in [0.15, 0.2) is 0 Å². The van der Waals surface area contributed by atoms with Gasteiger partial charge >= 0.3 is 0 Å². The Bertz CT molecular complexity index is 294. The van der Waals surface area contributed by atoms with Crippen molar-refractivity contribution >= 4 is 6.71 Å². The molecule has 6 heteroatoms. The molecule has 2 rings (SSSR count). The summed E-state index contributed by atoms with van der Waals surface area (Å²) >= 11 is 0. The van der Waals surface area contributed by atoms with E-state index in [1.807, 2.05) is 0 Å². The first-order valence-corrected chi connectivity index (χ1v) is 8.63. The Morgan fingerprint density at radius 1 is 0.810 bits per heavy atom. The van der Waals surface area contributed by atoms with E-state index in [4.69, 9.17) is 0 Å². The molecule has 2 atom stereocenters. The number of fused-ring (bicyclic) bond motifs is 3. The number of aliphatic hydroxyl groups is 2. The van der Waals surface area contributed by atoms with Crippen LogP contribution in [0.2, 0.25) is 19.0 Å². The van der Waals surface area contributed by atoms with Gasteiger partial charge in [-0.1, -0.05) is 12.6 Å². The second kappa shape index (κ2) is 9.11. The first-order chi connectivity index (χ1) is 10.1. The van der Waals surface area contributed by atoms with Gasteiger partial charge in [-0.05, 0) is 52.4 Å². The van der Waals surface area contributed by atoms with Gasteiger partial charge in [0.2, 0.25) is 0 Å². The molecule has 2 fully saturated rings. The Morgan fingerprint density at radius 2 is 1.48 bits per heavy atom. The monoisotopic (exact) mass is 297 g/mol. The van der Waals surface area contributed by atoms with Crippen molar-refractivity contribution in [3.63, 3.8) is 0 Å². The summed E-state index contributed by atoms with van der Waals surface area (Å²) in [4.78, 5) is 7.62.